The molecule has 2 heterocycles. The molecule has 148 valence electrons. The Bertz CT molecular complexity index is 1060. The number of para-hydroxylation sites is 1. The van der Waals surface area contributed by atoms with Gasteiger partial charge in [0.15, 0.2) is 0 Å². The predicted octanol–water partition coefficient (Wildman–Crippen LogP) is 3.77. The summed E-state index contributed by atoms with van der Waals surface area (Å²) in [6.07, 6.45) is 2.29. The van der Waals surface area contributed by atoms with Crippen molar-refractivity contribution in [3.05, 3.63) is 76.4 Å². The first-order chi connectivity index (χ1) is 14.1. The Kier molecular flexibility index (Phi) is 5.69. The quantitative estimate of drug-likeness (QED) is 0.498. The van der Waals surface area contributed by atoms with Crippen molar-refractivity contribution in [3.8, 4) is 16.2 Å². The van der Waals surface area contributed by atoms with Crippen molar-refractivity contribution in [2.24, 2.45) is 5.10 Å². The molecule has 4 rings (SSSR count). The van der Waals surface area contributed by atoms with Crippen LogP contribution in [-0.2, 0) is 17.8 Å². The molecule has 0 atom stereocenters. The Morgan fingerprint density at radius 2 is 2.10 bits per heavy atom. The summed E-state index contributed by atoms with van der Waals surface area (Å²) < 4.78 is 13.5. The number of benzene rings is 2. The summed E-state index contributed by atoms with van der Waals surface area (Å²) in [7, 11) is 0. The van der Waals surface area contributed by atoms with Gasteiger partial charge < -0.3 is 5.11 Å². The van der Waals surface area contributed by atoms with Gasteiger partial charge in [-0.3, -0.25) is 9.69 Å². The van der Waals surface area contributed by atoms with Crippen LogP contribution in [0.15, 0.2) is 59.7 Å². The molecule has 2 aromatic carbocycles. The average Bonchev–Trinajstić information content (AvgIpc) is 3.13. The standard InChI is InChI=1S/C22H20FN3O2S/c23-18-6-3-5-15(10-18)21-11-17-13-26(9-8-20(17)29-21)14-22(28)25-24-12-16-4-1-2-7-19(16)27/h1-7,10-12,27H,8-9,13-14H2,(H,25,28). The minimum Gasteiger partial charge on any atom is -0.507 e. The minimum absolute atomic E-state index is 0.112. The molecule has 0 fully saturated rings. The molecule has 0 unspecified atom stereocenters. The van der Waals surface area contributed by atoms with E-state index in [1.165, 1.54) is 22.7 Å². The molecule has 0 radical (unpaired) electrons. The highest BCUT2D eigenvalue weighted by molar-refractivity contribution is 7.15. The van der Waals surface area contributed by atoms with E-state index in [9.17, 15) is 14.3 Å². The molecule has 3 aromatic rings. The van der Waals surface area contributed by atoms with Gasteiger partial charge in [-0.25, -0.2) is 9.82 Å². The first-order valence-electron chi connectivity index (χ1n) is 9.28. The van der Waals surface area contributed by atoms with Crippen LogP contribution in [-0.4, -0.2) is 35.2 Å². The number of thiophene rings is 1. The lowest BCUT2D eigenvalue weighted by Gasteiger charge is -2.25. The molecule has 2 N–H and O–H groups in total. The van der Waals surface area contributed by atoms with Gasteiger partial charge >= 0.3 is 0 Å². The van der Waals surface area contributed by atoms with E-state index in [0.717, 1.165) is 23.4 Å². The summed E-state index contributed by atoms with van der Waals surface area (Å²) >= 11 is 1.69. The lowest BCUT2D eigenvalue weighted by atomic mass is 10.1. The van der Waals surface area contributed by atoms with E-state index >= 15 is 0 Å². The number of amides is 1. The molecule has 7 heteroatoms. The van der Waals surface area contributed by atoms with Gasteiger partial charge in [0.25, 0.3) is 5.91 Å². The fraction of sp³-hybridized carbons (Fsp3) is 0.182. The van der Waals surface area contributed by atoms with Gasteiger partial charge in [0, 0.05) is 28.4 Å². The maximum Gasteiger partial charge on any atom is 0.254 e. The third-order valence-corrected chi connectivity index (χ3v) is 6.04. The number of rotatable bonds is 5. The third-order valence-electron chi connectivity index (χ3n) is 4.75. The SMILES string of the molecule is O=C(CN1CCc2sc(-c3cccc(F)c3)cc2C1)NN=Cc1ccccc1O. The summed E-state index contributed by atoms with van der Waals surface area (Å²) in [6.45, 7) is 1.70. The van der Waals surface area contributed by atoms with E-state index in [0.29, 0.717) is 12.1 Å². The number of fused-ring (bicyclic) bond motifs is 1. The van der Waals surface area contributed by atoms with Crippen molar-refractivity contribution < 1.29 is 14.3 Å². The molecule has 0 aliphatic carbocycles. The van der Waals surface area contributed by atoms with Crippen LogP contribution in [0.3, 0.4) is 0 Å². The van der Waals surface area contributed by atoms with Gasteiger partial charge in [0.1, 0.15) is 11.6 Å². The molecule has 0 bridgehead atoms. The van der Waals surface area contributed by atoms with Crippen LogP contribution in [0.5, 0.6) is 5.75 Å². The molecule has 29 heavy (non-hydrogen) atoms. The second kappa shape index (κ2) is 8.55. The summed E-state index contributed by atoms with van der Waals surface area (Å²) in [5.74, 6) is -0.335. The summed E-state index contributed by atoms with van der Waals surface area (Å²) in [5.41, 5.74) is 5.11. The summed E-state index contributed by atoms with van der Waals surface area (Å²) in [4.78, 5) is 16.6. The van der Waals surface area contributed by atoms with Crippen LogP contribution in [0.4, 0.5) is 4.39 Å². The number of halogens is 1. The molecular weight excluding hydrogens is 389 g/mol. The Labute approximate surface area is 172 Å². The van der Waals surface area contributed by atoms with Gasteiger partial charge in [0.2, 0.25) is 0 Å². The summed E-state index contributed by atoms with van der Waals surface area (Å²) in [5, 5.41) is 13.6. The fourth-order valence-electron chi connectivity index (χ4n) is 3.32. The lowest BCUT2D eigenvalue weighted by molar-refractivity contribution is -0.122. The number of hydrogen-bond donors (Lipinski definition) is 2. The first kappa shape index (κ1) is 19.3. The summed E-state index contributed by atoms with van der Waals surface area (Å²) in [6, 6.07) is 15.5. The van der Waals surface area contributed by atoms with Crippen molar-refractivity contribution in [2.45, 2.75) is 13.0 Å². The van der Waals surface area contributed by atoms with E-state index < -0.39 is 0 Å². The highest BCUT2D eigenvalue weighted by Gasteiger charge is 2.21. The molecule has 1 amide bonds. The number of phenolic OH excluding ortho intramolecular Hbond substituents is 1. The van der Waals surface area contributed by atoms with Crippen LogP contribution < -0.4 is 5.43 Å². The van der Waals surface area contributed by atoms with E-state index in [4.69, 9.17) is 0 Å². The van der Waals surface area contributed by atoms with Crippen molar-refractivity contribution in [1.82, 2.24) is 10.3 Å². The zero-order chi connectivity index (χ0) is 20.2. The number of hydrazone groups is 1. The Morgan fingerprint density at radius 3 is 2.93 bits per heavy atom. The highest BCUT2D eigenvalue weighted by Crippen LogP contribution is 2.34. The molecular formula is C22H20FN3O2S. The van der Waals surface area contributed by atoms with Crippen molar-refractivity contribution in [3.63, 3.8) is 0 Å². The van der Waals surface area contributed by atoms with E-state index in [2.05, 4.69) is 21.5 Å². The maximum absolute atomic E-state index is 13.5. The van der Waals surface area contributed by atoms with Crippen LogP contribution in [0.1, 0.15) is 16.0 Å². The molecule has 0 saturated heterocycles. The van der Waals surface area contributed by atoms with E-state index in [1.807, 2.05) is 6.07 Å². The average molecular weight is 409 g/mol. The van der Waals surface area contributed by atoms with Gasteiger partial charge in [-0.2, -0.15) is 5.10 Å². The second-order valence-corrected chi connectivity index (χ2v) is 8.02. The van der Waals surface area contributed by atoms with E-state index in [-0.39, 0.29) is 24.0 Å². The Hall–Kier alpha value is -3.03. The zero-order valence-corrected chi connectivity index (χ0v) is 16.5. The van der Waals surface area contributed by atoms with Gasteiger partial charge in [-0.15, -0.1) is 11.3 Å². The number of phenols is 1. The molecule has 0 spiro atoms. The predicted molar refractivity (Wildman–Crippen MR) is 113 cm³/mol. The van der Waals surface area contributed by atoms with Gasteiger partial charge in [0.05, 0.1) is 12.8 Å². The van der Waals surface area contributed by atoms with Crippen LogP contribution in [0, 0.1) is 5.82 Å². The number of carbonyl (C=O) groups is 1. The lowest BCUT2D eigenvalue weighted by Crippen LogP contribution is -2.38. The van der Waals surface area contributed by atoms with Crippen molar-refractivity contribution >= 4 is 23.5 Å². The van der Waals surface area contributed by atoms with Gasteiger partial charge in [-0.05, 0) is 47.9 Å². The zero-order valence-electron chi connectivity index (χ0n) is 15.6. The van der Waals surface area contributed by atoms with Crippen LogP contribution in [0.25, 0.3) is 10.4 Å². The fourth-order valence-corrected chi connectivity index (χ4v) is 4.48. The van der Waals surface area contributed by atoms with Crippen molar-refractivity contribution in [1.29, 1.82) is 0 Å². The van der Waals surface area contributed by atoms with Gasteiger partial charge in [-0.1, -0.05) is 24.3 Å². The molecule has 1 aliphatic heterocycles. The maximum atomic E-state index is 13.5. The number of nitrogens with one attached hydrogen (secondary N) is 1. The second-order valence-electron chi connectivity index (χ2n) is 6.88. The largest absolute Gasteiger partial charge is 0.507 e. The van der Waals surface area contributed by atoms with Crippen LogP contribution in [0.2, 0.25) is 0 Å². The number of hydrogen-bond acceptors (Lipinski definition) is 5. The Balaban J connectivity index is 1.35. The van der Waals surface area contributed by atoms with Crippen molar-refractivity contribution in [2.75, 3.05) is 13.1 Å². The topological polar surface area (TPSA) is 64.9 Å². The highest BCUT2D eigenvalue weighted by atomic mass is 32.1. The first-order valence-corrected chi connectivity index (χ1v) is 10.1. The number of carbonyl (C=O) groups excluding carboxylic acids is 1. The molecule has 1 aliphatic rings. The van der Waals surface area contributed by atoms with E-state index in [1.54, 1.807) is 47.7 Å². The van der Waals surface area contributed by atoms with Crippen LogP contribution >= 0.6 is 11.3 Å². The normalized spacial score (nSPS) is 14.1. The monoisotopic (exact) mass is 409 g/mol. The molecule has 0 saturated carbocycles. The number of nitrogens with zero attached hydrogens (tertiary/aromatic N) is 2. The third kappa shape index (κ3) is 4.70. The Morgan fingerprint density at radius 1 is 1.24 bits per heavy atom. The molecule has 5 nitrogen and oxygen atoms in total. The minimum atomic E-state index is -0.239. The smallest absolute Gasteiger partial charge is 0.254 e. The number of aromatic hydroxyl groups is 1. The molecule has 1 aromatic heterocycles.